The van der Waals surface area contributed by atoms with Crippen molar-refractivity contribution in [2.24, 2.45) is 17.3 Å². The molecule has 0 aromatic heterocycles. The molecule has 1 aliphatic heterocycles. The molecule has 1 heterocycles. The molecule has 2 nitrogen and oxygen atoms in total. The predicted molar refractivity (Wildman–Crippen MR) is 88.0 cm³/mol. The zero-order chi connectivity index (χ0) is 14.8. The summed E-state index contributed by atoms with van der Waals surface area (Å²) in [5.74, 6) is 1.74. The molecule has 20 heavy (non-hydrogen) atoms. The van der Waals surface area contributed by atoms with Crippen molar-refractivity contribution in [3.05, 3.63) is 0 Å². The van der Waals surface area contributed by atoms with Gasteiger partial charge in [-0.25, -0.2) is 0 Å². The Labute approximate surface area is 126 Å². The molecular weight excluding hydrogens is 244 g/mol. The largest absolute Gasteiger partial charge is 0.313 e. The van der Waals surface area contributed by atoms with Crippen LogP contribution in [0.2, 0.25) is 0 Å². The maximum atomic E-state index is 3.86. The third-order valence-corrected chi connectivity index (χ3v) is 5.80. The van der Waals surface area contributed by atoms with E-state index in [0.717, 1.165) is 17.9 Å². The van der Waals surface area contributed by atoms with Gasteiger partial charge in [0.1, 0.15) is 0 Å². The van der Waals surface area contributed by atoms with E-state index in [1.165, 1.54) is 51.7 Å². The summed E-state index contributed by atoms with van der Waals surface area (Å²) in [6.07, 6.45) is 6.86. The highest BCUT2D eigenvalue weighted by Gasteiger charge is 2.42. The van der Waals surface area contributed by atoms with Crippen LogP contribution >= 0.6 is 0 Å². The fourth-order valence-corrected chi connectivity index (χ4v) is 4.39. The maximum absolute atomic E-state index is 3.86. The van der Waals surface area contributed by atoms with Gasteiger partial charge >= 0.3 is 0 Å². The molecule has 0 spiro atoms. The molecule has 118 valence electrons. The Bertz CT molecular complexity index is 300. The van der Waals surface area contributed by atoms with Crippen LogP contribution in [-0.2, 0) is 0 Å². The van der Waals surface area contributed by atoms with Crippen LogP contribution in [0.15, 0.2) is 0 Å². The molecular formula is C18H36N2. The fraction of sp³-hybridized carbons (Fsp3) is 1.00. The molecule has 0 bridgehead atoms. The van der Waals surface area contributed by atoms with Crippen molar-refractivity contribution in [2.45, 2.75) is 78.8 Å². The number of likely N-dealkylation sites (tertiary alicyclic amines) is 1. The van der Waals surface area contributed by atoms with Gasteiger partial charge in [0.05, 0.1) is 0 Å². The van der Waals surface area contributed by atoms with Crippen LogP contribution in [0.25, 0.3) is 0 Å². The second-order valence-electron chi connectivity index (χ2n) is 8.20. The summed E-state index contributed by atoms with van der Waals surface area (Å²) in [4.78, 5) is 2.78. The lowest BCUT2D eigenvalue weighted by molar-refractivity contribution is 0.0933. The summed E-state index contributed by atoms with van der Waals surface area (Å²) >= 11 is 0. The molecule has 4 unspecified atom stereocenters. The van der Waals surface area contributed by atoms with Crippen molar-refractivity contribution in [1.82, 2.24) is 10.2 Å². The molecule has 0 aromatic carbocycles. The van der Waals surface area contributed by atoms with Gasteiger partial charge in [-0.15, -0.1) is 0 Å². The van der Waals surface area contributed by atoms with Gasteiger partial charge < -0.3 is 10.2 Å². The maximum Gasteiger partial charge on any atom is 0.0159 e. The van der Waals surface area contributed by atoms with Gasteiger partial charge in [0.2, 0.25) is 0 Å². The van der Waals surface area contributed by atoms with Crippen LogP contribution in [0.1, 0.15) is 66.7 Å². The van der Waals surface area contributed by atoms with Crippen LogP contribution in [0.4, 0.5) is 0 Å². The molecule has 2 heteroatoms. The Morgan fingerprint density at radius 3 is 2.60 bits per heavy atom. The van der Waals surface area contributed by atoms with E-state index in [0.29, 0.717) is 11.5 Å². The number of piperidine rings is 1. The van der Waals surface area contributed by atoms with E-state index in [9.17, 15) is 0 Å². The third kappa shape index (κ3) is 3.76. The number of hydrogen-bond acceptors (Lipinski definition) is 2. The lowest BCUT2D eigenvalue weighted by atomic mass is 9.84. The van der Waals surface area contributed by atoms with Crippen molar-refractivity contribution in [2.75, 3.05) is 19.6 Å². The Balaban J connectivity index is 1.96. The van der Waals surface area contributed by atoms with E-state index in [2.05, 4.69) is 44.8 Å². The molecule has 2 fully saturated rings. The Morgan fingerprint density at radius 1 is 1.15 bits per heavy atom. The fourth-order valence-electron chi connectivity index (χ4n) is 4.39. The molecule has 2 rings (SSSR count). The highest BCUT2D eigenvalue weighted by Crippen LogP contribution is 2.42. The van der Waals surface area contributed by atoms with E-state index in [1.54, 1.807) is 0 Å². The van der Waals surface area contributed by atoms with Crippen LogP contribution in [-0.4, -0.2) is 36.6 Å². The van der Waals surface area contributed by atoms with Crippen molar-refractivity contribution >= 4 is 0 Å². The lowest BCUT2D eigenvalue weighted by Crippen LogP contribution is -2.49. The lowest BCUT2D eigenvalue weighted by Gasteiger charge is -2.40. The van der Waals surface area contributed by atoms with Crippen molar-refractivity contribution < 1.29 is 0 Å². The minimum atomic E-state index is 0.477. The van der Waals surface area contributed by atoms with Crippen LogP contribution in [0, 0.1) is 17.3 Å². The SMILES string of the molecule is CCCNC1C(CN2CC(C)CCC2C)CCC1(C)C. The monoisotopic (exact) mass is 280 g/mol. The molecule has 2 aliphatic rings. The van der Waals surface area contributed by atoms with Gasteiger partial charge in [0, 0.05) is 25.2 Å². The summed E-state index contributed by atoms with van der Waals surface area (Å²) in [5, 5.41) is 3.86. The molecule has 1 N–H and O–H groups in total. The first kappa shape index (κ1) is 16.3. The van der Waals surface area contributed by atoms with Gasteiger partial charge in [-0.05, 0) is 62.8 Å². The summed E-state index contributed by atoms with van der Waals surface area (Å²) in [6.45, 7) is 15.9. The average molecular weight is 280 g/mol. The zero-order valence-corrected chi connectivity index (χ0v) is 14.4. The smallest absolute Gasteiger partial charge is 0.0159 e. The van der Waals surface area contributed by atoms with E-state index < -0.39 is 0 Å². The molecule has 4 atom stereocenters. The second-order valence-corrected chi connectivity index (χ2v) is 8.20. The Morgan fingerprint density at radius 2 is 1.90 bits per heavy atom. The van der Waals surface area contributed by atoms with E-state index in [1.807, 2.05) is 0 Å². The number of rotatable bonds is 5. The summed E-state index contributed by atoms with van der Waals surface area (Å²) in [7, 11) is 0. The summed E-state index contributed by atoms with van der Waals surface area (Å²) in [5.41, 5.74) is 0.477. The van der Waals surface area contributed by atoms with Gasteiger partial charge in [-0.2, -0.15) is 0 Å². The third-order valence-electron chi connectivity index (χ3n) is 5.80. The van der Waals surface area contributed by atoms with Crippen LogP contribution in [0.3, 0.4) is 0 Å². The zero-order valence-electron chi connectivity index (χ0n) is 14.4. The first-order valence-electron chi connectivity index (χ1n) is 8.91. The number of nitrogens with one attached hydrogen (secondary N) is 1. The van der Waals surface area contributed by atoms with Crippen LogP contribution < -0.4 is 5.32 Å². The first-order valence-corrected chi connectivity index (χ1v) is 8.91. The molecule has 0 amide bonds. The highest BCUT2D eigenvalue weighted by atomic mass is 15.2. The van der Waals surface area contributed by atoms with E-state index in [4.69, 9.17) is 0 Å². The topological polar surface area (TPSA) is 15.3 Å². The van der Waals surface area contributed by atoms with Gasteiger partial charge in [-0.1, -0.05) is 27.7 Å². The molecule has 1 saturated carbocycles. The van der Waals surface area contributed by atoms with Gasteiger partial charge in [-0.3, -0.25) is 0 Å². The summed E-state index contributed by atoms with van der Waals surface area (Å²) < 4.78 is 0. The quantitative estimate of drug-likeness (QED) is 0.821. The number of hydrogen-bond donors (Lipinski definition) is 1. The van der Waals surface area contributed by atoms with Crippen LogP contribution in [0.5, 0.6) is 0 Å². The van der Waals surface area contributed by atoms with Crippen molar-refractivity contribution in [1.29, 1.82) is 0 Å². The summed E-state index contributed by atoms with van der Waals surface area (Å²) in [6, 6.07) is 1.51. The minimum absolute atomic E-state index is 0.477. The minimum Gasteiger partial charge on any atom is -0.313 e. The Hall–Kier alpha value is -0.0800. The Kier molecular flexibility index (Phi) is 5.53. The van der Waals surface area contributed by atoms with Crippen molar-refractivity contribution in [3.63, 3.8) is 0 Å². The standard InChI is InChI=1S/C18H36N2/c1-6-11-19-17-16(9-10-18(17,4)5)13-20-12-14(2)7-8-15(20)3/h14-17,19H,6-13H2,1-5H3. The normalized spacial score (nSPS) is 38.2. The molecule has 1 aliphatic carbocycles. The molecule has 0 radical (unpaired) electrons. The van der Waals surface area contributed by atoms with Gasteiger partial charge in [0.15, 0.2) is 0 Å². The highest BCUT2D eigenvalue weighted by molar-refractivity contribution is 4.97. The van der Waals surface area contributed by atoms with Gasteiger partial charge in [0.25, 0.3) is 0 Å². The van der Waals surface area contributed by atoms with E-state index >= 15 is 0 Å². The first-order chi connectivity index (χ1) is 9.44. The number of nitrogens with zero attached hydrogens (tertiary/aromatic N) is 1. The van der Waals surface area contributed by atoms with Crippen molar-refractivity contribution in [3.8, 4) is 0 Å². The molecule has 0 aromatic rings. The molecule has 1 saturated heterocycles. The second kappa shape index (κ2) is 6.79. The average Bonchev–Trinajstić information content (AvgIpc) is 2.67. The van der Waals surface area contributed by atoms with E-state index in [-0.39, 0.29) is 0 Å². The predicted octanol–water partition coefficient (Wildman–Crippen LogP) is 3.91.